The van der Waals surface area contributed by atoms with Crippen LogP contribution in [0, 0.1) is 0 Å². The fourth-order valence-electron chi connectivity index (χ4n) is 6.65. The van der Waals surface area contributed by atoms with Crippen LogP contribution in [-0.2, 0) is 0 Å². The average molecular weight is 510 g/mol. The number of hydrogen-bond donors (Lipinski definition) is 0. The smallest absolute Gasteiger partial charge is 0.135 e. The third kappa shape index (κ3) is 2.93. The van der Waals surface area contributed by atoms with E-state index < -0.39 is 0 Å². The highest BCUT2D eigenvalue weighted by atomic mass is 16.5. The van der Waals surface area contributed by atoms with E-state index in [1.807, 2.05) is 12.1 Å². The van der Waals surface area contributed by atoms with E-state index >= 15 is 0 Å². The zero-order valence-electron chi connectivity index (χ0n) is 21.6. The summed E-state index contributed by atoms with van der Waals surface area (Å²) < 4.78 is 8.71. The molecule has 7 aromatic carbocycles. The highest BCUT2D eigenvalue weighted by molar-refractivity contribution is 6.22. The summed E-state index contributed by atoms with van der Waals surface area (Å²) in [5.74, 6) is 1.84. The van der Waals surface area contributed by atoms with Gasteiger partial charge in [-0.25, -0.2) is 0 Å². The van der Waals surface area contributed by atoms with Crippen molar-refractivity contribution in [3.05, 3.63) is 140 Å². The van der Waals surface area contributed by atoms with E-state index in [2.05, 4.69) is 132 Å². The van der Waals surface area contributed by atoms with Crippen molar-refractivity contribution in [1.29, 1.82) is 0 Å². The standard InChI is InChI=1S/C38H23NO/c1-2-9-26(10-3-1)39-33-15-6-4-12-32(33)37-28-19-17-24(23-25(28)18-21-34(37)39)27-20-22-36-38-30(27)13-8-14-31(38)29-11-5-7-16-35(29)40-36/h1-23H. The largest absolute Gasteiger partial charge is 0.456 e. The van der Waals surface area contributed by atoms with Crippen LogP contribution in [0.25, 0.3) is 71.3 Å². The Labute approximate surface area is 231 Å². The van der Waals surface area contributed by atoms with Gasteiger partial charge in [-0.3, -0.25) is 0 Å². The molecule has 0 N–H and O–H groups in total. The topological polar surface area (TPSA) is 14.2 Å². The van der Waals surface area contributed by atoms with Gasteiger partial charge in [0.1, 0.15) is 11.5 Å². The minimum absolute atomic E-state index is 0.916. The summed E-state index contributed by atoms with van der Waals surface area (Å²) >= 11 is 0. The van der Waals surface area contributed by atoms with Crippen LogP contribution in [0.15, 0.2) is 140 Å². The number of ether oxygens (including phenoxy) is 1. The summed E-state index contributed by atoms with van der Waals surface area (Å²) in [6.45, 7) is 0. The van der Waals surface area contributed by atoms with Crippen molar-refractivity contribution >= 4 is 43.4 Å². The fraction of sp³-hybridized carbons (Fsp3) is 0. The first-order valence-electron chi connectivity index (χ1n) is 13.7. The minimum atomic E-state index is 0.916. The molecule has 0 spiro atoms. The Kier molecular flexibility index (Phi) is 4.36. The average Bonchev–Trinajstić information content (AvgIpc) is 3.36. The summed E-state index contributed by atoms with van der Waals surface area (Å²) in [4.78, 5) is 0. The van der Waals surface area contributed by atoms with E-state index in [9.17, 15) is 0 Å². The third-order valence-electron chi connectivity index (χ3n) is 8.38. The van der Waals surface area contributed by atoms with E-state index in [-0.39, 0.29) is 0 Å². The molecule has 0 bridgehead atoms. The molecular weight excluding hydrogens is 486 g/mol. The molecule has 9 rings (SSSR count). The maximum absolute atomic E-state index is 6.34. The van der Waals surface area contributed by atoms with Gasteiger partial charge < -0.3 is 9.30 Å². The van der Waals surface area contributed by atoms with Gasteiger partial charge in [-0.1, -0.05) is 97.1 Å². The van der Waals surface area contributed by atoms with E-state index in [1.165, 1.54) is 65.7 Å². The second-order valence-electron chi connectivity index (χ2n) is 10.5. The van der Waals surface area contributed by atoms with Gasteiger partial charge in [-0.2, -0.15) is 0 Å². The van der Waals surface area contributed by atoms with Crippen LogP contribution < -0.4 is 4.74 Å². The maximum Gasteiger partial charge on any atom is 0.135 e. The minimum Gasteiger partial charge on any atom is -0.456 e. The molecule has 186 valence electrons. The number of nitrogens with zero attached hydrogens (tertiary/aromatic N) is 1. The third-order valence-corrected chi connectivity index (χ3v) is 8.38. The van der Waals surface area contributed by atoms with Crippen molar-refractivity contribution in [3.63, 3.8) is 0 Å². The van der Waals surface area contributed by atoms with Crippen LogP contribution >= 0.6 is 0 Å². The van der Waals surface area contributed by atoms with Gasteiger partial charge in [0.05, 0.1) is 11.0 Å². The van der Waals surface area contributed by atoms with E-state index in [0.29, 0.717) is 0 Å². The Morgan fingerprint density at radius 3 is 2.17 bits per heavy atom. The van der Waals surface area contributed by atoms with Gasteiger partial charge in [-0.05, 0) is 75.3 Å². The van der Waals surface area contributed by atoms with Crippen molar-refractivity contribution in [2.75, 3.05) is 0 Å². The lowest BCUT2D eigenvalue weighted by Gasteiger charge is -2.22. The van der Waals surface area contributed by atoms with Gasteiger partial charge in [0.2, 0.25) is 0 Å². The van der Waals surface area contributed by atoms with Crippen molar-refractivity contribution in [1.82, 2.24) is 4.57 Å². The van der Waals surface area contributed by atoms with Crippen LogP contribution in [0.4, 0.5) is 0 Å². The van der Waals surface area contributed by atoms with E-state index in [4.69, 9.17) is 4.74 Å². The maximum atomic E-state index is 6.34. The first kappa shape index (κ1) is 21.6. The molecule has 2 heterocycles. The molecule has 0 fully saturated rings. The summed E-state index contributed by atoms with van der Waals surface area (Å²) in [6.07, 6.45) is 0. The Hall–Kier alpha value is -5.34. The zero-order chi connectivity index (χ0) is 26.2. The first-order chi connectivity index (χ1) is 19.8. The zero-order valence-corrected chi connectivity index (χ0v) is 21.6. The van der Waals surface area contributed by atoms with E-state index in [1.54, 1.807) is 0 Å². The monoisotopic (exact) mass is 509 g/mol. The summed E-state index contributed by atoms with van der Waals surface area (Å²) in [6, 6.07) is 50.0. The lowest BCUT2D eigenvalue weighted by Crippen LogP contribution is -1.97. The quantitative estimate of drug-likeness (QED) is 0.226. The molecule has 1 aliphatic rings. The van der Waals surface area contributed by atoms with E-state index in [0.717, 1.165) is 17.1 Å². The van der Waals surface area contributed by atoms with Crippen molar-refractivity contribution in [2.45, 2.75) is 0 Å². The number of hydrogen-bond acceptors (Lipinski definition) is 1. The number of rotatable bonds is 2. The Morgan fingerprint density at radius 2 is 1.23 bits per heavy atom. The second kappa shape index (κ2) is 8.08. The van der Waals surface area contributed by atoms with Crippen LogP contribution in [0.5, 0.6) is 11.5 Å². The van der Waals surface area contributed by atoms with Gasteiger partial charge in [0, 0.05) is 27.4 Å². The number of fused-ring (bicyclic) bond motifs is 7. The van der Waals surface area contributed by atoms with Crippen LogP contribution in [0.3, 0.4) is 0 Å². The molecule has 0 aliphatic carbocycles. The van der Waals surface area contributed by atoms with Gasteiger partial charge >= 0.3 is 0 Å². The SMILES string of the molecule is c1ccc(-n2c3ccccc3c3c4ccc(-c5ccc6c7c(cccc57)-c5ccccc5O6)cc4ccc32)cc1. The highest BCUT2D eigenvalue weighted by Crippen LogP contribution is 2.48. The normalized spacial score (nSPS) is 12.2. The number of para-hydroxylation sites is 3. The number of aromatic nitrogens is 1. The lowest BCUT2D eigenvalue weighted by atomic mass is 9.90. The highest BCUT2D eigenvalue weighted by Gasteiger charge is 2.21. The van der Waals surface area contributed by atoms with Crippen molar-refractivity contribution in [2.24, 2.45) is 0 Å². The van der Waals surface area contributed by atoms with Crippen LogP contribution in [0.2, 0.25) is 0 Å². The molecule has 0 saturated carbocycles. The summed E-state index contributed by atoms with van der Waals surface area (Å²) in [7, 11) is 0. The van der Waals surface area contributed by atoms with Gasteiger partial charge in [0.25, 0.3) is 0 Å². The molecule has 2 heteroatoms. The molecular formula is C38H23NO. The molecule has 0 radical (unpaired) electrons. The van der Waals surface area contributed by atoms with Crippen molar-refractivity contribution in [3.8, 4) is 39.4 Å². The predicted molar refractivity (Wildman–Crippen MR) is 167 cm³/mol. The molecule has 8 aromatic rings. The number of benzene rings is 7. The second-order valence-corrected chi connectivity index (χ2v) is 10.5. The fourth-order valence-corrected chi connectivity index (χ4v) is 6.65. The lowest BCUT2D eigenvalue weighted by molar-refractivity contribution is 0.487. The molecule has 1 aliphatic heterocycles. The Balaban J connectivity index is 1.29. The molecule has 40 heavy (non-hydrogen) atoms. The summed E-state index contributed by atoms with van der Waals surface area (Å²) in [5.41, 5.74) is 8.44. The van der Waals surface area contributed by atoms with Gasteiger partial charge in [-0.15, -0.1) is 0 Å². The molecule has 1 aromatic heterocycles. The van der Waals surface area contributed by atoms with Gasteiger partial charge in [0.15, 0.2) is 0 Å². The Bertz CT molecular complexity index is 2290. The Morgan fingerprint density at radius 1 is 0.425 bits per heavy atom. The molecule has 0 saturated heterocycles. The molecule has 0 atom stereocenters. The molecule has 2 nitrogen and oxygen atoms in total. The summed E-state index contributed by atoms with van der Waals surface area (Å²) in [5, 5.41) is 7.48. The molecule has 0 unspecified atom stereocenters. The van der Waals surface area contributed by atoms with Crippen LogP contribution in [0.1, 0.15) is 0 Å². The molecule has 0 amide bonds. The van der Waals surface area contributed by atoms with Crippen LogP contribution in [-0.4, -0.2) is 4.57 Å². The predicted octanol–water partition coefficient (Wildman–Crippen LogP) is 10.5. The first-order valence-corrected chi connectivity index (χ1v) is 13.7. The van der Waals surface area contributed by atoms with Crippen molar-refractivity contribution < 1.29 is 4.74 Å².